The third-order valence-electron chi connectivity index (χ3n) is 9.95. The lowest BCUT2D eigenvalue weighted by Gasteiger charge is -2.34. The monoisotopic (exact) mass is 788 g/mol. The molecular weight excluding hydrogens is 703 g/mol. The topological polar surface area (TPSA) is 102 Å². The van der Waals surface area contributed by atoms with Gasteiger partial charge >= 0.3 is 11.9 Å². The highest BCUT2D eigenvalue weighted by Gasteiger charge is 2.25. The van der Waals surface area contributed by atoms with Gasteiger partial charge in [-0.25, -0.2) is 0 Å². The van der Waals surface area contributed by atoms with E-state index in [1.807, 2.05) is 0 Å². The molecule has 0 fully saturated rings. The summed E-state index contributed by atoms with van der Waals surface area (Å²) in [4.78, 5) is 36.8. The van der Waals surface area contributed by atoms with E-state index in [0.29, 0.717) is 12.8 Å². The van der Waals surface area contributed by atoms with Crippen molar-refractivity contribution in [1.29, 1.82) is 0 Å². The molecule has 0 amide bonds. The number of unbranched alkanes of at least 4 members (excludes halogenated alkanes) is 18. The van der Waals surface area contributed by atoms with Gasteiger partial charge in [0.25, 0.3) is 0 Å². The normalized spacial score (nSPS) is 13.4. The number of ether oxygens (including phenoxy) is 3. The van der Waals surface area contributed by atoms with Gasteiger partial charge in [-0.15, -0.1) is 0 Å². The van der Waals surface area contributed by atoms with Crippen LogP contribution in [-0.2, 0) is 28.6 Å². The minimum absolute atomic E-state index is 0.0233. The summed E-state index contributed by atoms with van der Waals surface area (Å²) in [5.41, 5.74) is 0. The second kappa shape index (κ2) is 39.1. The molecule has 0 aliphatic carbocycles. The Morgan fingerprint density at radius 3 is 1.54 bits per heavy atom. The van der Waals surface area contributed by atoms with Crippen molar-refractivity contribution in [2.45, 2.75) is 199 Å². The van der Waals surface area contributed by atoms with E-state index in [4.69, 9.17) is 14.2 Å². The zero-order valence-corrected chi connectivity index (χ0v) is 36.8. The molecule has 2 unspecified atom stereocenters. The maximum absolute atomic E-state index is 12.7. The zero-order valence-electron chi connectivity index (χ0n) is 36.8. The summed E-state index contributed by atoms with van der Waals surface area (Å²) < 4.78 is 17.1. The van der Waals surface area contributed by atoms with Crippen LogP contribution in [0.2, 0.25) is 0 Å². The van der Waals surface area contributed by atoms with Gasteiger partial charge in [-0.2, -0.15) is 0 Å². The van der Waals surface area contributed by atoms with Crippen molar-refractivity contribution < 1.29 is 38.2 Å². The number of esters is 2. The Bertz CT molecular complexity index is 1060. The molecule has 0 radical (unpaired) electrons. The Labute approximate surface area is 344 Å². The summed E-state index contributed by atoms with van der Waals surface area (Å²) in [7, 11) is 5.39. The molecule has 0 bridgehead atoms. The maximum Gasteiger partial charge on any atom is 0.306 e. The van der Waals surface area contributed by atoms with Crippen molar-refractivity contribution >= 4 is 17.9 Å². The standard InChI is InChI=1S/C48H85NO7/c1-6-8-10-12-14-16-18-20-21-22-23-24-25-26-27-29-30-32-34-36-38-46(50)55-43-44(42-54-41-40-45(48(52)53)49(3,4)5)56-47(51)39-37-35-33-31-28-19-17-15-13-11-9-7-2/h9,11,15,17,23-24,28,31,44-45H,6-8,10,12-14,16,18-22,25-27,29-30,32-43H2,1-5H3/b11-9+,17-15+,24-23+,31-28+. The molecule has 0 N–H and O–H groups in total. The highest BCUT2D eigenvalue weighted by Crippen LogP contribution is 2.14. The Hall–Kier alpha value is -2.71. The minimum atomic E-state index is -1.13. The third kappa shape index (κ3) is 36.9. The number of carboxylic acids is 1. The summed E-state index contributed by atoms with van der Waals surface area (Å²) in [6, 6.07) is -0.733. The Kier molecular flexibility index (Phi) is 37.2. The fourth-order valence-electron chi connectivity index (χ4n) is 6.43. The summed E-state index contributed by atoms with van der Waals surface area (Å²) in [5.74, 6) is -1.79. The van der Waals surface area contributed by atoms with Crippen molar-refractivity contribution in [3.63, 3.8) is 0 Å². The average molecular weight is 788 g/mol. The third-order valence-corrected chi connectivity index (χ3v) is 9.95. The largest absolute Gasteiger partial charge is 0.544 e. The van der Waals surface area contributed by atoms with Crippen LogP contribution in [0.15, 0.2) is 48.6 Å². The van der Waals surface area contributed by atoms with Crippen molar-refractivity contribution in [2.75, 3.05) is 41.0 Å². The predicted molar refractivity (Wildman–Crippen MR) is 231 cm³/mol. The van der Waals surface area contributed by atoms with Gasteiger partial charge < -0.3 is 28.6 Å². The molecule has 8 nitrogen and oxygen atoms in total. The first-order valence-corrected chi connectivity index (χ1v) is 22.7. The van der Waals surface area contributed by atoms with E-state index >= 15 is 0 Å². The highest BCUT2D eigenvalue weighted by molar-refractivity contribution is 5.70. The Morgan fingerprint density at radius 2 is 1.00 bits per heavy atom. The van der Waals surface area contributed by atoms with Gasteiger partial charge in [0.05, 0.1) is 40.3 Å². The van der Waals surface area contributed by atoms with Gasteiger partial charge in [0.15, 0.2) is 6.10 Å². The van der Waals surface area contributed by atoms with Crippen LogP contribution in [0.4, 0.5) is 0 Å². The van der Waals surface area contributed by atoms with E-state index in [0.717, 1.165) is 51.4 Å². The fraction of sp³-hybridized carbons (Fsp3) is 0.771. The number of rotatable bonds is 40. The van der Waals surface area contributed by atoms with Gasteiger partial charge in [-0.1, -0.05) is 146 Å². The lowest BCUT2D eigenvalue weighted by molar-refractivity contribution is -0.889. The number of likely N-dealkylation sites (N-methyl/N-ethyl adjacent to an activating group) is 1. The van der Waals surface area contributed by atoms with Crippen LogP contribution in [-0.4, -0.2) is 75.5 Å². The lowest BCUT2D eigenvalue weighted by atomic mass is 10.1. The predicted octanol–water partition coefficient (Wildman–Crippen LogP) is 11.1. The number of aliphatic carboxylic acids is 1. The van der Waals surface area contributed by atoms with E-state index in [1.54, 1.807) is 21.1 Å². The zero-order chi connectivity index (χ0) is 41.4. The number of quaternary nitrogens is 1. The van der Waals surface area contributed by atoms with Crippen LogP contribution in [0.25, 0.3) is 0 Å². The fourth-order valence-corrected chi connectivity index (χ4v) is 6.43. The van der Waals surface area contributed by atoms with E-state index in [2.05, 4.69) is 62.5 Å². The molecule has 0 heterocycles. The molecule has 8 heteroatoms. The van der Waals surface area contributed by atoms with Crippen LogP contribution in [0.3, 0.4) is 0 Å². The number of hydrogen-bond donors (Lipinski definition) is 0. The van der Waals surface area contributed by atoms with Gasteiger partial charge in [-0.3, -0.25) is 9.59 Å². The molecule has 0 aliphatic rings. The van der Waals surface area contributed by atoms with Crippen molar-refractivity contribution in [3.05, 3.63) is 48.6 Å². The highest BCUT2D eigenvalue weighted by atomic mass is 16.6. The van der Waals surface area contributed by atoms with Gasteiger partial charge in [0.1, 0.15) is 12.6 Å². The summed E-state index contributed by atoms with van der Waals surface area (Å²) in [6.07, 6.45) is 45.8. The molecule has 0 saturated carbocycles. The number of carboxylic acid groups (broad SMARTS) is 1. The molecule has 0 rings (SSSR count). The average Bonchev–Trinajstić information content (AvgIpc) is 3.15. The van der Waals surface area contributed by atoms with Crippen LogP contribution in [0, 0.1) is 0 Å². The molecule has 324 valence electrons. The molecule has 0 spiro atoms. The van der Waals surface area contributed by atoms with E-state index < -0.39 is 18.1 Å². The van der Waals surface area contributed by atoms with E-state index in [1.165, 1.54) is 96.3 Å². The maximum atomic E-state index is 12.7. The number of allylic oxidation sites excluding steroid dienone is 8. The molecule has 0 saturated heterocycles. The van der Waals surface area contributed by atoms with Gasteiger partial charge in [-0.05, 0) is 70.6 Å². The van der Waals surface area contributed by atoms with Crippen LogP contribution in [0.5, 0.6) is 0 Å². The van der Waals surface area contributed by atoms with Crippen molar-refractivity contribution in [2.24, 2.45) is 0 Å². The van der Waals surface area contributed by atoms with Crippen LogP contribution in [0.1, 0.15) is 187 Å². The molecule has 0 aromatic rings. The lowest BCUT2D eigenvalue weighted by Crippen LogP contribution is -2.55. The molecular formula is C48H85NO7. The SMILES string of the molecule is CC/C=C/C/C=C/C/C=C/CCCCC(=O)OC(COCCC(C(=O)[O-])[N+](C)(C)C)COC(=O)CCCCCCCCC/C=C/CCCCCCCCCCC. The van der Waals surface area contributed by atoms with Gasteiger partial charge in [0.2, 0.25) is 0 Å². The van der Waals surface area contributed by atoms with Crippen LogP contribution >= 0.6 is 0 Å². The summed E-state index contributed by atoms with van der Waals surface area (Å²) >= 11 is 0. The molecule has 0 aliphatic heterocycles. The Balaban J connectivity index is 4.30. The quantitative estimate of drug-likeness (QED) is 0.0264. The summed E-state index contributed by atoms with van der Waals surface area (Å²) in [5, 5.41) is 11.6. The van der Waals surface area contributed by atoms with E-state index in [9.17, 15) is 19.5 Å². The van der Waals surface area contributed by atoms with Crippen molar-refractivity contribution in [1.82, 2.24) is 0 Å². The summed E-state index contributed by atoms with van der Waals surface area (Å²) in [6.45, 7) is 4.50. The molecule has 0 aromatic carbocycles. The number of nitrogens with zero attached hydrogens (tertiary/aromatic N) is 1. The molecule has 56 heavy (non-hydrogen) atoms. The Morgan fingerprint density at radius 1 is 0.554 bits per heavy atom. The van der Waals surface area contributed by atoms with Crippen LogP contribution < -0.4 is 5.11 Å². The molecule has 0 aromatic heterocycles. The first-order valence-electron chi connectivity index (χ1n) is 22.7. The van der Waals surface area contributed by atoms with Crippen molar-refractivity contribution in [3.8, 4) is 0 Å². The molecule has 2 atom stereocenters. The first-order chi connectivity index (χ1) is 27.1. The smallest absolute Gasteiger partial charge is 0.306 e. The first kappa shape index (κ1) is 53.3. The van der Waals surface area contributed by atoms with Gasteiger partial charge in [0, 0.05) is 19.3 Å². The minimum Gasteiger partial charge on any atom is -0.544 e. The number of hydrogen-bond acceptors (Lipinski definition) is 7. The number of carbonyl (C=O) groups is 3. The number of carbonyl (C=O) groups excluding carboxylic acids is 3. The second-order valence-corrected chi connectivity index (χ2v) is 16.3. The second-order valence-electron chi connectivity index (χ2n) is 16.3. The van der Waals surface area contributed by atoms with E-state index in [-0.39, 0.29) is 49.1 Å².